The minimum absolute atomic E-state index is 0.00105. The van der Waals surface area contributed by atoms with Crippen molar-refractivity contribution in [1.82, 2.24) is 4.90 Å². The molecule has 0 bridgehead atoms. The number of benzene rings is 3. The first-order valence-electron chi connectivity index (χ1n) is 12.9. The molecule has 2 aromatic heterocycles. The van der Waals surface area contributed by atoms with Gasteiger partial charge >= 0.3 is 0 Å². The first-order valence-corrected chi connectivity index (χ1v) is 12.9. The Hall–Kier alpha value is -4.98. The molecule has 2 aliphatic rings. The number of hydrogen-bond acceptors (Lipinski definition) is 5. The van der Waals surface area contributed by atoms with Crippen molar-refractivity contribution in [1.29, 1.82) is 0 Å². The molecule has 0 saturated carbocycles. The largest absolute Gasteiger partial charge is 0.467 e. The molecule has 2 aliphatic heterocycles. The maximum Gasteiger partial charge on any atom is 0.291 e. The number of aryl methyl sites for hydroxylation is 2. The van der Waals surface area contributed by atoms with E-state index in [1.807, 2.05) is 13.8 Å². The van der Waals surface area contributed by atoms with E-state index in [0.29, 0.717) is 28.0 Å². The van der Waals surface area contributed by atoms with Crippen LogP contribution in [0.25, 0.3) is 11.0 Å². The monoisotopic (exact) mass is 534 g/mol. The van der Waals surface area contributed by atoms with E-state index in [1.54, 1.807) is 65.6 Å². The molecule has 3 aromatic carbocycles. The minimum atomic E-state index is -1.77. The predicted molar refractivity (Wildman–Crippen MR) is 145 cm³/mol. The van der Waals surface area contributed by atoms with Gasteiger partial charge in [-0.15, -0.1) is 0 Å². The summed E-state index contributed by atoms with van der Waals surface area (Å²) in [4.78, 5) is 46.1. The summed E-state index contributed by atoms with van der Waals surface area (Å²) >= 11 is 0. The summed E-state index contributed by atoms with van der Waals surface area (Å²) in [6.45, 7) is 3.85. The summed E-state index contributed by atoms with van der Waals surface area (Å²) in [5.74, 6) is -1.13. The van der Waals surface area contributed by atoms with Crippen LogP contribution < -0.4 is 10.3 Å². The lowest BCUT2D eigenvalue weighted by Gasteiger charge is -2.33. The van der Waals surface area contributed by atoms with Crippen molar-refractivity contribution in [2.45, 2.75) is 32.5 Å². The molecular formula is C32H23FN2O5. The molecule has 0 saturated heterocycles. The van der Waals surface area contributed by atoms with Gasteiger partial charge in [-0.05, 0) is 73.0 Å². The van der Waals surface area contributed by atoms with Gasteiger partial charge < -0.3 is 18.6 Å². The van der Waals surface area contributed by atoms with Gasteiger partial charge in [0.1, 0.15) is 17.2 Å². The topological polar surface area (TPSA) is 84.0 Å². The SMILES string of the molecule is Cc1cc2oc3c(c(=O)c2cc1C)C1(C(=O)N(Cc2ccc(F)cc2)c2ccccc21)N(Cc1ccco1)C3=O. The Morgan fingerprint density at radius 3 is 2.38 bits per heavy atom. The Morgan fingerprint density at radius 2 is 1.62 bits per heavy atom. The average molecular weight is 535 g/mol. The van der Waals surface area contributed by atoms with Crippen molar-refractivity contribution >= 4 is 28.5 Å². The number of halogens is 1. The number of furan rings is 1. The zero-order valence-corrected chi connectivity index (χ0v) is 21.7. The molecule has 7 rings (SSSR count). The lowest BCUT2D eigenvalue weighted by molar-refractivity contribution is -0.126. The molecule has 5 aromatic rings. The fourth-order valence-electron chi connectivity index (χ4n) is 5.95. The van der Waals surface area contributed by atoms with E-state index >= 15 is 0 Å². The highest BCUT2D eigenvalue weighted by Gasteiger charge is 2.65. The first-order chi connectivity index (χ1) is 19.3. The van der Waals surface area contributed by atoms with Crippen LogP contribution in [-0.4, -0.2) is 16.7 Å². The first kappa shape index (κ1) is 24.1. The highest BCUT2D eigenvalue weighted by Crippen LogP contribution is 2.53. The number of hydrogen-bond donors (Lipinski definition) is 0. The summed E-state index contributed by atoms with van der Waals surface area (Å²) in [7, 11) is 0. The zero-order valence-electron chi connectivity index (χ0n) is 21.7. The zero-order chi connectivity index (χ0) is 27.8. The minimum Gasteiger partial charge on any atom is -0.467 e. The smallest absolute Gasteiger partial charge is 0.291 e. The van der Waals surface area contributed by atoms with E-state index in [2.05, 4.69) is 0 Å². The average Bonchev–Trinajstić information content (AvgIpc) is 3.61. The van der Waals surface area contributed by atoms with Crippen LogP contribution in [0.3, 0.4) is 0 Å². The third-order valence-electron chi connectivity index (χ3n) is 8.00. The van der Waals surface area contributed by atoms with Crippen molar-refractivity contribution in [3.05, 3.63) is 134 Å². The van der Waals surface area contributed by atoms with Gasteiger partial charge in [0.25, 0.3) is 11.8 Å². The Balaban J connectivity index is 1.52. The van der Waals surface area contributed by atoms with E-state index in [-0.39, 0.29) is 35.8 Å². The quantitative estimate of drug-likeness (QED) is 0.300. The van der Waals surface area contributed by atoms with E-state index in [0.717, 1.165) is 11.1 Å². The molecule has 1 unspecified atom stereocenters. The Kier molecular flexibility index (Phi) is 5.12. The van der Waals surface area contributed by atoms with Crippen LogP contribution in [-0.2, 0) is 23.4 Å². The molecule has 198 valence electrons. The standard InChI is InChI=1S/C32H23FN2O5/c1-18-14-23-26(15-19(18)2)40-29-27(28(23)36)32(35(30(29)37)17-22-6-5-13-39-22)24-7-3-4-8-25(24)34(31(32)38)16-20-9-11-21(33)12-10-20/h3-15H,16-17H2,1-2H3. The van der Waals surface area contributed by atoms with Crippen LogP contribution in [0.15, 0.2) is 92.7 Å². The number of fused-ring (bicyclic) bond motifs is 5. The molecule has 8 heteroatoms. The van der Waals surface area contributed by atoms with Crippen LogP contribution >= 0.6 is 0 Å². The van der Waals surface area contributed by atoms with Gasteiger partial charge in [-0.2, -0.15) is 0 Å². The summed E-state index contributed by atoms with van der Waals surface area (Å²) in [5.41, 5.74) is 1.64. The molecule has 7 nitrogen and oxygen atoms in total. The third kappa shape index (κ3) is 3.19. The van der Waals surface area contributed by atoms with Crippen LogP contribution in [0.5, 0.6) is 0 Å². The molecule has 0 fully saturated rings. The van der Waals surface area contributed by atoms with Crippen molar-refractivity contribution < 1.29 is 22.8 Å². The predicted octanol–water partition coefficient (Wildman–Crippen LogP) is 5.59. The Labute approximate surface area is 228 Å². The molecule has 0 aliphatic carbocycles. The molecule has 0 radical (unpaired) electrons. The van der Waals surface area contributed by atoms with Crippen LogP contribution in [0.2, 0.25) is 0 Å². The van der Waals surface area contributed by atoms with E-state index in [4.69, 9.17) is 8.83 Å². The van der Waals surface area contributed by atoms with E-state index in [9.17, 15) is 18.8 Å². The van der Waals surface area contributed by atoms with Gasteiger partial charge in [-0.25, -0.2) is 4.39 Å². The highest BCUT2D eigenvalue weighted by molar-refractivity contribution is 6.17. The van der Waals surface area contributed by atoms with Crippen LogP contribution in [0.1, 0.15) is 44.1 Å². The molecule has 1 spiro atoms. The molecular weight excluding hydrogens is 511 g/mol. The number of para-hydroxylation sites is 1. The summed E-state index contributed by atoms with van der Waals surface area (Å²) in [5, 5.41) is 0.302. The fraction of sp³-hybridized carbons (Fsp3) is 0.156. The summed E-state index contributed by atoms with van der Waals surface area (Å²) in [6, 6.07) is 19.9. The normalized spacial score (nSPS) is 17.8. The van der Waals surface area contributed by atoms with Gasteiger partial charge in [-0.1, -0.05) is 30.3 Å². The summed E-state index contributed by atoms with van der Waals surface area (Å²) < 4.78 is 25.4. The van der Waals surface area contributed by atoms with Crippen molar-refractivity contribution in [3.63, 3.8) is 0 Å². The van der Waals surface area contributed by atoms with E-state index < -0.39 is 22.8 Å². The van der Waals surface area contributed by atoms with Gasteiger partial charge in [0.05, 0.1) is 36.0 Å². The highest BCUT2D eigenvalue weighted by atomic mass is 19.1. The molecule has 4 heterocycles. The Bertz CT molecular complexity index is 1910. The van der Waals surface area contributed by atoms with Gasteiger partial charge in [0.15, 0.2) is 11.0 Å². The second-order valence-electron chi connectivity index (χ2n) is 10.3. The lowest BCUT2D eigenvalue weighted by Crippen LogP contribution is -2.52. The van der Waals surface area contributed by atoms with Gasteiger partial charge in [0.2, 0.25) is 5.76 Å². The maximum absolute atomic E-state index is 14.8. The lowest BCUT2D eigenvalue weighted by atomic mass is 9.83. The second kappa shape index (κ2) is 8.51. The second-order valence-corrected chi connectivity index (χ2v) is 10.3. The van der Waals surface area contributed by atoms with Crippen molar-refractivity contribution in [2.75, 3.05) is 4.90 Å². The number of rotatable bonds is 4. The van der Waals surface area contributed by atoms with Crippen molar-refractivity contribution in [3.8, 4) is 0 Å². The number of nitrogens with zero attached hydrogens (tertiary/aromatic N) is 2. The maximum atomic E-state index is 14.8. The van der Waals surface area contributed by atoms with Crippen molar-refractivity contribution in [2.24, 2.45) is 0 Å². The van der Waals surface area contributed by atoms with Gasteiger partial charge in [-0.3, -0.25) is 14.4 Å². The molecule has 2 amide bonds. The van der Waals surface area contributed by atoms with Crippen LogP contribution in [0, 0.1) is 19.7 Å². The van der Waals surface area contributed by atoms with Gasteiger partial charge in [0, 0.05) is 5.56 Å². The molecule has 40 heavy (non-hydrogen) atoms. The number of anilines is 1. The van der Waals surface area contributed by atoms with E-state index in [1.165, 1.54) is 23.3 Å². The molecule has 1 atom stereocenters. The Morgan fingerprint density at radius 1 is 0.875 bits per heavy atom. The molecule has 0 N–H and O–H groups in total. The number of carbonyl (C=O) groups excluding carboxylic acids is 2. The summed E-state index contributed by atoms with van der Waals surface area (Å²) in [6.07, 6.45) is 1.49. The fourth-order valence-corrected chi connectivity index (χ4v) is 5.95. The number of carbonyl (C=O) groups is 2. The third-order valence-corrected chi connectivity index (χ3v) is 8.00. The number of amides is 2. The van der Waals surface area contributed by atoms with Crippen LogP contribution in [0.4, 0.5) is 10.1 Å².